The number of hydrogen-bond donors (Lipinski definition) is 4. The van der Waals surface area contributed by atoms with Crippen molar-refractivity contribution in [2.75, 3.05) is 13.1 Å². The van der Waals surface area contributed by atoms with Crippen LogP contribution in [0.2, 0.25) is 0 Å². The van der Waals surface area contributed by atoms with Crippen LogP contribution in [0.3, 0.4) is 0 Å². The molecular formula is C26H26N4O. The number of aromatic amines is 1. The number of aromatic nitrogens is 1. The molecule has 3 unspecified atom stereocenters. The highest BCUT2D eigenvalue weighted by Gasteiger charge is 2.34. The molecule has 1 aliphatic heterocycles. The van der Waals surface area contributed by atoms with Crippen molar-refractivity contribution in [2.24, 2.45) is 5.92 Å². The summed E-state index contributed by atoms with van der Waals surface area (Å²) in [6.07, 6.45) is 2.07. The molecule has 156 valence electrons. The molecule has 5 rings (SSSR count). The van der Waals surface area contributed by atoms with Crippen LogP contribution < -0.4 is 16.2 Å². The Labute approximate surface area is 181 Å². The Kier molecular flexibility index (Phi) is 5.52. The fourth-order valence-electron chi connectivity index (χ4n) is 4.53. The van der Waals surface area contributed by atoms with Crippen LogP contribution in [0, 0.1) is 5.92 Å². The van der Waals surface area contributed by atoms with Gasteiger partial charge in [-0.25, -0.2) is 5.43 Å². The molecule has 5 nitrogen and oxygen atoms in total. The molecule has 3 atom stereocenters. The van der Waals surface area contributed by atoms with Gasteiger partial charge in [0.15, 0.2) is 0 Å². The molecule has 1 saturated heterocycles. The summed E-state index contributed by atoms with van der Waals surface area (Å²) in [5, 5.41) is 4.43. The number of rotatable bonds is 6. The van der Waals surface area contributed by atoms with Gasteiger partial charge in [-0.2, -0.15) is 0 Å². The highest BCUT2D eigenvalue weighted by atomic mass is 16.2. The Bertz CT molecular complexity index is 1160. The van der Waals surface area contributed by atoms with Gasteiger partial charge >= 0.3 is 0 Å². The van der Waals surface area contributed by atoms with Crippen molar-refractivity contribution in [1.82, 2.24) is 21.2 Å². The summed E-state index contributed by atoms with van der Waals surface area (Å²) in [7, 11) is 0. The molecule has 3 aromatic carbocycles. The van der Waals surface area contributed by atoms with Gasteiger partial charge in [0, 0.05) is 36.1 Å². The van der Waals surface area contributed by atoms with E-state index in [1.807, 2.05) is 30.3 Å². The minimum absolute atomic E-state index is 0.0375. The Hall–Kier alpha value is -3.41. The number of benzene rings is 3. The van der Waals surface area contributed by atoms with Crippen molar-refractivity contribution in [2.45, 2.75) is 12.0 Å². The van der Waals surface area contributed by atoms with Gasteiger partial charge in [0.1, 0.15) is 0 Å². The van der Waals surface area contributed by atoms with E-state index in [4.69, 9.17) is 0 Å². The normalized spacial score (nSPS) is 19.4. The van der Waals surface area contributed by atoms with Crippen LogP contribution in [0.1, 0.15) is 28.7 Å². The third kappa shape index (κ3) is 3.98. The van der Waals surface area contributed by atoms with E-state index in [1.165, 1.54) is 16.5 Å². The van der Waals surface area contributed by atoms with Gasteiger partial charge in [-0.3, -0.25) is 10.2 Å². The zero-order valence-corrected chi connectivity index (χ0v) is 17.2. The average Bonchev–Trinajstić information content (AvgIpc) is 3.48. The van der Waals surface area contributed by atoms with Crippen LogP contribution in [0.25, 0.3) is 10.9 Å². The minimum atomic E-state index is -0.165. The second kappa shape index (κ2) is 8.76. The van der Waals surface area contributed by atoms with E-state index in [0.717, 1.165) is 11.1 Å². The zero-order valence-electron chi connectivity index (χ0n) is 17.2. The SMILES string of the molecule is O=C(NCC(c1ccccc1)c1c[nH]c2ccccc12)C1CNNC1c1ccccc1. The lowest BCUT2D eigenvalue weighted by Gasteiger charge is -2.22. The fourth-order valence-corrected chi connectivity index (χ4v) is 4.53. The topological polar surface area (TPSA) is 69.0 Å². The Morgan fingerprint density at radius 3 is 2.45 bits per heavy atom. The van der Waals surface area contributed by atoms with Crippen LogP contribution >= 0.6 is 0 Å². The van der Waals surface area contributed by atoms with E-state index in [0.29, 0.717) is 13.1 Å². The Balaban J connectivity index is 1.38. The number of amides is 1. The first-order chi connectivity index (χ1) is 15.3. The highest BCUT2D eigenvalue weighted by Crippen LogP contribution is 2.31. The number of H-pyrrole nitrogens is 1. The molecular weight excluding hydrogens is 384 g/mol. The van der Waals surface area contributed by atoms with Gasteiger partial charge in [-0.15, -0.1) is 0 Å². The largest absolute Gasteiger partial charge is 0.361 e. The zero-order chi connectivity index (χ0) is 21.0. The average molecular weight is 411 g/mol. The molecule has 1 aliphatic rings. The second-order valence-corrected chi connectivity index (χ2v) is 8.02. The first kappa shape index (κ1) is 19.5. The molecule has 2 heterocycles. The third-order valence-electron chi connectivity index (χ3n) is 6.16. The third-order valence-corrected chi connectivity index (χ3v) is 6.16. The Morgan fingerprint density at radius 1 is 0.935 bits per heavy atom. The first-order valence-corrected chi connectivity index (χ1v) is 10.7. The van der Waals surface area contributed by atoms with Crippen molar-refractivity contribution >= 4 is 16.8 Å². The summed E-state index contributed by atoms with van der Waals surface area (Å²) in [4.78, 5) is 16.6. The second-order valence-electron chi connectivity index (χ2n) is 8.02. The van der Waals surface area contributed by atoms with E-state index in [1.54, 1.807) is 0 Å². The van der Waals surface area contributed by atoms with Crippen LogP contribution in [0.4, 0.5) is 0 Å². The van der Waals surface area contributed by atoms with E-state index in [2.05, 4.69) is 81.9 Å². The number of carbonyl (C=O) groups excluding carboxylic acids is 1. The maximum absolute atomic E-state index is 13.2. The molecule has 4 aromatic rings. The molecule has 0 aliphatic carbocycles. The summed E-state index contributed by atoms with van der Waals surface area (Å²) in [5.74, 6) is -0.0345. The predicted molar refractivity (Wildman–Crippen MR) is 123 cm³/mol. The van der Waals surface area contributed by atoms with E-state index >= 15 is 0 Å². The quantitative estimate of drug-likeness (QED) is 0.390. The van der Waals surface area contributed by atoms with Crippen molar-refractivity contribution in [1.29, 1.82) is 0 Å². The molecule has 0 spiro atoms. The van der Waals surface area contributed by atoms with E-state index in [9.17, 15) is 4.79 Å². The van der Waals surface area contributed by atoms with Crippen molar-refractivity contribution in [3.05, 3.63) is 108 Å². The summed E-state index contributed by atoms with van der Waals surface area (Å²) >= 11 is 0. The molecule has 0 bridgehead atoms. The van der Waals surface area contributed by atoms with Gasteiger partial charge < -0.3 is 10.3 Å². The number of hydrogen-bond acceptors (Lipinski definition) is 3. The first-order valence-electron chi connectivity index (χ1n) is 10.7. The number of para-hydroxylation sites is 1. The summed E-state index contributed by atoms with van der Waals surface area (Å²) in [6.45, 7) is 1.15. The lowest BCUT2D eigenvalue weighted by Crippen LogP contribution is -2.37. The van der Waals surface area contributed by atoms with Crippen molar-refractivity contribution in [3.8, 4) is 0 Å². The van der Waals surface area contributed by atoms with Crippen LogP contribution in [0.15, 0.2) is 91.1 Å². The number of nitrogens with one attached hydrogen (secondary N) is 4. The molecule has 1 aromatic heterocycles. The molecule has 31 heavy (non-hydrogen) atoms. The maximum atomic E-state index is 13.2. The predicted octanol–water partition coefficient (Wildman–Crippen LogP) is 3.88. The Morgan fingerprint density at radius 2 is 1.65 bits per heavy atom. The summed E-state index contributed by atoms with van der Waals surface area (Å²) in [6, 6.07) is 28.8. The lowest BCUT2D eigenvalue weighted by atomic mass is 9.90. The van der Waals surface area contributed by atoms with Gasteiger partial charge in [-0.1, -0.05) is 78.9 Å². The number of hydrazine groups is 1. The van der Waals surface area contributed by atoms with Crippen molar-refractivity contribution in [3.63, 3.8) is 0 Å². The van der Waals surface area contributed by atoms with Crippen LogP contribution in [0.5, 0.6) is 0 Å². The molecule has 5 heteroatoms. The smallest absolute Gasteiger partial charge is 0.226 e. The van der Waals surface area contributed by atoms with E-state index in [-0.39, 0.29) is 23.8 Å². The van der Waals surface area contributed by atoms with Crippen LogP contribution in [-0.2, 0) is 4.79 Å². The van der Waals surface area contributed by atoms with Gasteiger partial charge in [0.2, 0.25) is 5.91 Å². The lowest BCUT2D eigenvalue weighted by molar-refractivity contribution is -0.124. The van der Waals surface area contributed by atoms with Crippen molar-refractivity contribution < 1.29 is 4.79 Å². The standard InChI is InChI=1S/C26H26N4O/c31-26(23-17-29-30-25(23)19-11-5-2-6-12-19)28-15-21(18-9-3-1-4-10-18)22-16-27-24-14-8-7-13-20(22)24/h1-14,16,21,23,25,27,29-30H,15,17H2,(H,28,31). The molecule has 1 fully saturated rings. The monoisotopic (exact) mass is 410 g/mol. The van der Waals surface area contributed by atoms with Crippen LogP contribution in [-0.4, -0.2) is 24.0 Å². The van der Waals surface area contributed by atoms with Gasteiger partial charge in [-0.05, 0) is 22.8 Å². The molecule has 1 amide bonds. The molecule has 0 saturated carbocycles. The van der Waals surface area contributed by atoms with Gasteiger partial charge in [0.05, 0.1) is 12.0 Å². The number of fused-ring (bicyclic) bond motifs is 1. The fraction of sp³-hybridized carbons (Fsp3) is 0.192. The van der Waals surface area contributed by atoms with Gasteiger partial charge in [0.25, 0.3) is 0 Å². The summed E-state index contributed by atoms with van der Waals surface area (Å²) in [5.41, 5.74) is 11.0. The minimum Gasteiger partial charge on any atom is -0.361 e. The number of carbonyl (C=O) groups is 1. The molecule has 0 radical (unpaired) electrons. The van der Waals surface area contributed by atoms with E-state index < -0.39 is 0 Å². The summed E-state index contributed by atoms with van der Waals surface area (Å²) < 4.78 is 0. The highest BCUT2D eigenvalue weighted by molar-refractivity contribution is 5.84. The molecule has 4 N–H and O–H groups in total. The maximum Gasteiger partial charge on any atom is 0.226 e.